The summed E-state index contributed by atoms with van der Waals surface area (Å²) >= 11 is 0. The molecule has 0 aliphatic heterocycles. The van der Waals surface area contributed by atoms with E-state index < -0.39 is 10.0 Å². The molecule has 0 saturated heterocycles. The van der Waals surface area contributed by atoms with Crippen LogP contribution in [0.2, 0.25) is 0 Å². The summed E-state index contributed by atoms with van der Waals surface area (Å²) in [4.78, 5) is 12.4. The van der Waals surface area contributed by atoms with Gasteiger partial charge in [-0.05, 0) is 56.4 Å². The summed E-state index contributed by atoms with van der Waals surface area (Å²) in [6, 6.07) is 12.5. The van der Waals surface area contributed by atoms with Gasteiger partial charge in [-0.25, -0.2) is 8.42 Å². The molecule has 0 spiro atoms. The van der Waals surface area contributed by atoms with Crippen LogP contribution in [0.25, 0.3) is 0 Å². The van der Waals surface area contributed by atoms with Crippen LogP contribution in [0.4, 0.5) is 5.69 Å². The van der Waals surface area contributed by atoms with E-state index >= 15 is 0 Å². The Hall–Kier alpha value is -2.58. The summed E-state index contributed by atoms with van der Waals surface area (Å²) < 4.78 is 32.7. The smallest absolute Gasteiger partial charge is 0.261 e. The molecule has 8 heteroatoms. The van der Waals surface area contributed by atoms with Crippen molar-refractivity contribution in [3.63, 3.8) is 0 Å². The fraction of sp³-hybridized carbons (Fsp3) is 0.278. The zero-order valence-corrected chi connectivity index (χ0v) is 15.6. The molecule has 0 bridgehead atoms. The van der Waals surface area contributed by atoms with Crippen molar-refractivity contribution in [1.82, 2.24) is 10.6 Å². The van der Waals surface area contributed by atoms with Crippen LogP contribution < -0.4 is 20.1 Å². The highest BCUT2D eigenvalue weighted by Crippen LogP contribution is 2.21. The average molecular weight is 377 g/mol. The summed E-state index contributed by atoms with van der Waals surface area (Å²) in [7, 11) is -0.474. The maximum absolute atomic E-state index is 12.6. The first kappa shape index (κ1) is 19.7. The number of nitrogens with one attached hydrogen (secondary N) is 3. The van der Waals surface area contributed by atoms with E-state index in [1.54, 1.807) is 36.4 Å². The Kier molecular flexibility index (Phi) is 6.99. The van der Waals surface area contributed by atoms with Gasteiger partial charge in [0, 0.05) is 6.54 Å². The van der Waals surface area contributed by atoms with Gasteiger partial charge in [-0.1, -0.05) is 12.1 Å². The number of sulfonamides is 1. The molecule has 2 rings (SSSR count). The van der Waals surface area contributed by atoms with Gasteiger partial charge in [0.05, 0.1) is 23.3 Å². The quantitative estimate of drug-likeness (QED) is 0.580. The molecule has 0 heterocycles. The molecule has 0 radical (unpaired) electrons. The summed E-state index contributed by atoms with van der Waals surface area (Å²) in [6.45, 7) is 1.28. The number of amides is 1. The SMILES string of the molecule is CNCCCNC(=O)c1ccccc1NS(=O)(=O)c1ccc(OC)cc1. The van der Waals surface area contributed by atoms with E-state index in [1.165, 1.54) is 19.2 Å². The van der Waals surface area contributed by atoms with Crippen molar-refractivity contribution in [3.05, 3.63) is 54.1 Å². The van der Waals surface area contributed by atoms with Crippen LogP contribution in [-0.4, -0.2) is 41.6 Å². The molecule has 0 aromatic heterocycles. The second kappa shape index (κ2) is 9.21. The first-order valence-electron chi connectivity index (χ1n) is 8.16. The fourth-order valence-corrected chi connectivity index (χ4v) is 3.37. The number of hydrogen-bond donors (Lipinski definition) is 3. The van der Waals surface area contributed by atoms with Crippen LogP contribution in [0, 0.1) is 0 Å². The average Bonchev–Trinajstić information content (AvgIpc) is 2.65. The lowest BCUT2D eigenvalue weighted by molar-refractivity contribution is 0.0954. The monoisotopic (exact) mass is 377 g/mol. The second-order valence-electron chi connectivity index (χ2n) is 5.54. The predicted octanol–water partition coefficient (Wildman–Crippen LogP) is 1.84. The van der Waals surface area contributed by atoms with Crippen LogP contribution in [0.5, 0.6) is 5.75 Å². The van der Waals surface area contributed by atoms with Gasteiger partial charge >= 0.3 is 0 Å². The van der Waals surface area contributed by atoms with E-state index in [0.29, 0.717) is 12.3 Å². The van der Waals surface area contributed by atoms with Crippen LogP contribution in [0.15, 0.2) is 53.4 Å². The van der Waals surface area contributed by atoms with Crippen molar-refractivity contribution in [2.24, 2.45) is 0 Å². The maximum Gasteiger partial charge on any atom is 0.261 e. The van der Waals surface area contributed by atoms with E-state index in [4.69, 9.17) is 4.74 Å². The second-order valence-corrected chi connectivity index (χ2v) is 7.22. The standard InChI is InChI=1S/C18H23N3O4S/c1-19-12-5-13-20-18(22)16-6-3-4-7-17(16)21-26(23,24)15-10-8-14(25-2)9-11-15/h3-4,6-11,19,21H,5,12-13H2,1-2H3,(H,20,22). The highest BCUT2D eigenvalue weighted by molar-refractivity contribution is 7.92. The third-order valence-electron chi connectivity index (χ3n) is 3.67. The number of anilines is 1. The predicted molar refractivity (Wildman–Crippen MR) is 101 cm³/mol. The zero-order valence-electron chi connectivity index (χ0n) is 14.8. The van der Waals surface area contributed by atoms with E-state index in [1.807, 2.05) is 7.05 Å². The van der Waals surface area contributed by atoms with Crippen molar-refractivity contribution in [2.75, 3.05) is 32.0 Å². The molecular formula is C18H23N3O4S. The molecule has 3 N–H and O–H groups in total. The van der Waals surface area contributed by atoms with Crippen molar-refractivity contribution in [1.29, 1.82) is 0 Å². The minimum atomic E-state index is -3.82. The highest BCUT2D eigenvalue weighted by atomic mass is 32.2. The Bertz CT molecular complexity index is 836. The molecule has 0 saturated carbocycles. The topological polar surface area (TPSA) is 96.5 Å². The van der Waals surface area contributed by atoms with Gasteiger partial charge in [0.15, 0.2) is 0 Å². The van der Waals surface area contributed by atoms with Gasteiger partial charge < -0.3 is 15.4 Å². The van der Waals surface area contributed by atoms with Gasteiger partial charge in [0.25, 0.3) is 15.9 Å². The Labute approximate surface area is 153 Å². The van der Waals surface area contributed by atoms with Crippen LogP contribution in [-0.2, 0) is 10.0 Å². The van der Waals surface area contributed by atoms with Gasteiger partial charge in [0.1, 0.15) is 5.75 Å². The molecule has 2 aromatic carbocycles. The maximum atomic E-state index is 12.6. The molecule has 140 valence electrons. The number of para-hydroxylation sites is 1. The lowest BCUT2D eigenvalue weighted by Gasteiger charge is -2.13. The molecule has 2 aromatic rings. The first-order chi connectivity index (χ1) is 12.5. The first-order valence-corrected chi connectivity index (χ1v) is 9.65. The molecule has 0 unspecified atom stereocenters. The third kappa shape index (κ3) is 5.21. The van der Waals surface area contributed by atoms with Crippen LogP contribution in [0.3, 0.4) is 0 Å². The largest absolute Gasteiger partial charge is 0.497 e. The van der Waals surface area contributed by atoms with Gasteiger partial charge in [-0.2, -0.15) is 0 Å². The third-order valence-corrected chi connectivity index (χ3v) is 5.06. The van der Waals surface area contributed by atoms with Gasteiger partial charge in [-0.3, -0.25) is 9.52 Å². The number of rotatable bonds is 9. The summed E-state index contributed by atoms with van der Waals surface area (Å²) in [5.74, 6) is 0.236. The molecular weight excluding hydrogens is 354 g/mol. The molecule has 1 amide bonds. The summed E-state index contributed by atoms with van der Waals surface area (Å²) in [5.41, 5.74) is 0.503. The Balaban J connectivity index is 2.16. The minimum Gasteiger partial charge on any atom is -0.497 e. The summed E-state index contributed by atoms with van der Waals surface area (Å²) in [5, 5.41) is 5.78. The lowest BCUT2D eigenvalue weighted by atomic mass is 10.1. The minimum absolute atomic E-state index is 0.0857. The molecule has 0 atom stereocenters. The van der Waals surface area contributed by atoms with Crippen molar-refractivity contribution >= 4 is 21.6 Å². The molecule has 7 nitrogen and oxygen atoms in total. The van der Waals surface area contributed by atoms with E-state index in [9.17, 15) is 13.2 Å². The van der Waals surface area contributed by atoms with Gasteiger partial charge in [0.2, 0.25) is 0 Å². The molecule has 0 fully saturated rings. The summed E-state index contributed by atoms with van der Waals surface area (Å²) in [6.07, 6.45) is 0.780. The van der Waals surface area contributed by atoms with Crippen molar-refractivity contribution in [2.45, 2.75) is 11.3 Å². The lowest BCUT2D eigenvalue weighted by Crippen LogP contribution is -2.27. The fourth-order valence-electron chi connectivity index (χ4n) is 2.29. The number of hydrogen-bond acceptors (Lipinski definition) is 5. The van der Waals surface area contributed by atoms with E-state index in [2.05, 4.69) is 15.4 Å². The van der Waals surface area contributed by atoms with Crippen LogP contribution >= 0.6 is 0 Å². The number of carbonyl (C=O) groups is 1. The van der Waals surface area contributed by atoms with Crippen molar-refractivity contribution < 1.29 is 17.9 Å². The van der Waals surface area contributed by atoms with Crippen LogP contribution in [0.1, 0.15) is 16.8 Å². The Morgan fingerprint density at radius 1 is 1.04 bits per heavy atom. The number of methoxy groups -OCH3 is 1. The zero-order chi connectivity index (χ0) is 19.0. The molecule has 26 heavy (non-hydrogen) atoms. The van der Waals surface area contributed by atoms with E-state index in [-0.39, 0.29) is 22.1 Å². The Morgan fingerprint density at radius 3 is 2.38 bits per heavy atom. The Morgan fingerprint density at radius 2 is 1.73 bits per heavy atom. The van der Waals surface area contributed by atoms with E-state index in [0.717, 1.165) is 13.0 Å². The highest BCUT2D eigenvalue weighted by Gasteiger charge is 2.18. The number of ether oxygens (including phenoxy) is 1. The molecule has 0 aliphatic carbocycles. The van der Waals surface area contributed by atoms with Gasteiger partial charge in [-0.15, -0.1) is 0 Å². The van der Waals surface area contributed by atoms with Crippen molar-refractivity contribution in [3.8, 4) is 5.75 Å². The molecule has 0 aliphatic rings. The normalized spacial score (nSPS) is 11.0. The number of carbonyl (C=O) groups excluding carboxylic acids is 1. The number of benzene rings is 2.